The van der Waals surface area contributed by atoms with E-state index in [0.29, 0.717) is 23.9 Å². The smallest absolute Gasteiger partial charge is 0.268 e. The first-order valence-electron chi connectivity index (χ1n) is 30.9. The summed E-state index contributed by atoms with van der Waals surface area (Å²) < 4.78 is 23.2. The fraction of sp³-hybridized carbons (Fsp3) is 0.983. The van der Waals surface area contributed by atoms with Crippen molar-refractivity contribution in [3.63, 3.8) is 0 Å². The summed E-state index contributed by atoms with van der Waals surface area (Å²) >= 11 is 0. The van der Waals surface area contributed by atoms with E-state index in [0.717, 1.165) is 38.5 Å². The number of unbranched alkanes of at least 4 members (excludes halogenated alkanes) is 45. The SMILES string of the molecule is CCCCCCCCCCCCCCCCCCCCCCCCCCCCCCCCCCCCCCCCCCC(=O)NC(COP(=O)([O-])OCC[N+](C)(C)C)C(O)CCCCCCCCC. The fourth-order valence-electron chi connectivity index (χ4n) is 9.75. The van der Waals surface area contributed by atoms with Crippen molar-refractivity contribution in [2.45, 2.75) is 341 Å². The molecular weight excluding hydrogens is 876 g/mol. The molecule has 0 aromatic rings. The van der Waals surface area contributed by atoms with Crippen LogP contribution in [-0.2, 0) is 18.4 Å². The average Bonchev–Trinajstić information content (AvgIpc) is 3.31. The van der Waals surface area contributed by atoms with Gasteiger partial charge in [0.25, 0.3) is 7.82 Å². The molecule has 0 aliphatic rings. The number of likely N-dealkylation sites (N-methyl/N-ethyl adjacent to an activating group) is 1. The van der Waals surface area contributed by atoms with Gasteiger partial charge in [0.05, 0.1) is 39.9 Å². The summed E-state index contributed by atoms with van der Waals surface area (Å²) in [7, 11) is 1.32. The molecular formula is C60H123N2O6P. The number of carbonyl (C=O) groups excluding carboxylic acids is 1. The first kappa shape index (κ1) is 68.5. The second-order valence-electron chi connectivity index (χ2n) is 22.8. The van der Waals surface area contributed by atoms with E-state index in [1.807, 2.05) is 21.1 Å². The van der Waals surface area contributed by atoms with Gasteiger partial charge in [0.15, 0.2) is 0 Å². The molecule has 414 valence electrons. The van der Waals surface area contributed by atoms with Crippen LogP contribution in [-0.4, -0.2) is 68.5 Å². The summed E-state index contributed by atoms with van der Waals surface area (Å²) in [6.07, 6.45) is 63.7. The summed E-state index contributed by atoms with van der Waals surface area (Å²) in [4.78, 5) is 25.3. The standard InChI is InChI=1S/C60H123N2O6P/c1-6-8-10-12-14-15-16-17-18-19-20-21-22-23-24-25-26-27-28-29-30-31-32-33-34-35-36-37-38-39-40-41-42-43-44-45-46-48-50-52-54-60(64)61-58(59(63)53-51-49-47-13-11-9-7-2)57-68-69(65,66)67-56-55-62(3,4)5/h58-59,63H,6-57H2,1-5H3,(H-,61,64,65,66). The van der Waals surface area contributed by atoms with Crippen LogP contribution in [0.5, 0.6) is 0 Å². The van der Waals surface area contributed by atoms with Crippen LogP contribution in [0.25, 0.3) is 0 Å². The summed E-state index contributed by atoms with van der Waals surface area (Å²) in [5, 5.41) is 13.8. The van der Waals surface area contributed by atoms with Gasteiger partial charge in [-0.3, -0.25) is 9.36 Å². The second-order valence-corrected chi connectivity index (χ2v) is 24.2. The maximum absolute atomic E-state index is 12.9. The number of rotatable bonds is 58. The molecule has 0 aliphatic heterocycles. The molecule has 0 fully saturated rings. The van der Waals surface area contributed by atoms with Crippen molar-refractivity contribution in [1.29, 1.82) is 0 Å². The molecule has 3 atom stereocenters. The minimum atomic E-state index is -4.55. The van der Waals surface area contributed by atoms with E-state index in [1.165, 1.54) is 263 Å². The van der Waals surface area contributed by atoms with Gasteiger partial charge in [-0.2, -0.15) is 0 Å². The van der Waals surface area contributed by atoms with E-state index < -0.39 is 20.0 Å². The molecule has 69 heavy (non-hydrogen) atoms. The number of aliphatic hydroxyl groups excluding tert-OH is 1. The van der Waals surface area contributed by atoms with Crippen LogP contribution in [0.3, 0.4) is 0 Å². The van der Waals surface area contributed by atoms with Crippen LogP contribution < -0.4 is 10.2 Å². The molecule has 0 radical (unpaired) electrons. The molecule has 0 spiro atoms. The number of phosphoric ester groups is 1. The molecule has 9 heteroatoms. The van der Waals surface area contributed by atoms with Crippen molar-refractivity contribution in [3.05, 3.63) is 0 Å². The third kappa shape index (κ3) is 55.1. The topological polar surface area (TPSA) is 108 Å². The highest BCUT2D eigenvalue weighted by atomic mass is 31.2. The predicted octanol–water partition coefficient (Wildman–Crippen LogP) is 18.2. The fourth-order valence-corrected chi connectivity index (χ4v) is 10.5. The lowest BCUT2D eigenvalue weighted by Crippen LogP contribution is -2.46. The van der Waals surface area contributed by atoms with Gasteiger partial charge >= 0.3 is 0 Å². The van der Waals surface area contributed by atoms with E-state index in [-0.39, 0.29) is 19.1 Å². The van der Waals surface area contributed by atoms with E-state index >= 15 is 0 Å². The van der Waals surface area contributed by atoms with E-state index in [1.54, 1.807) is 0 Å². The van der Waals surface area contributed by atoms with Crippen LogP contribution in [0.1, 0.15) is 328 Å². The molecule has 0 saturated carbocycles. The first-order valence-corrected chi connectivity index (χ1v) is 32.3. The highest BCUT2D eigenvalue weighted by molar-refractivity contribution is 7.45. The lowest BCUT2D eigenvalue weighted by atomic mass is 10.0. The Kier molecular flexibility index (Phi) is 52.0. The third-order valence-electron chi connectivity index (χ3n) is 14.6. The van der Waals surface area contributed by atoms with Crippen LogP contribution in [0.4, 0.5) is 0 Å². The van der Waals surface area contributed by atoms with E-state index in [4.69, 9.17) is 9.05 Å². The normalized spacial score (nSPS) is 13.8. The molecule has 0 rings (SSSR count). The lowest BCUT2D eigenvalue weighted by molar-refractivity contribution is -0.870. The van der Waals surface area contributed by atoms with Crippen molar-refractivity contribution in [2.75, 3.05) is 40.9 Å². The van der Waals surface area contributed by atoms with Gasteiger partial charge in [0.1, 0.15) is 13.2 Å². The van der Waals surface area contributed by atoms with E-state index in [2.05, 4.69) is 19.2 Å². The second kappa shape index (κ2) is 52.4. The monoisotopic (exact) mass is 999 g/mol. The van der Waals surface area contributed by atoms with Crippen LogP contribution in [0, 0.1) is 0 Å². The highest BCUT2D eigenvalue weighted by Gasteiger charge is 2.24. The Balaban J connectivity index is 3.65. The lowest BCUT2D eigenvalue weighted by Gasteiger charge is -2.30. The maximum atomic E-state index is 12.9. The quantitative estimate of drug-likeness (QED) is 0.0357. The van der Waals surface area contributed by atoms with Crippen LogP contribution >= 0.6 is 7.82 Å². The van der Waals surface area contributed by atoms with Crippen molar-refractivity contribution >= 4 is 13.7 Å². The summed E-state index contributed by atoms with van der Waals surface area (Å²) in [6.45, 7) is 4.71. The number of quaternary nitrogens is 1. The molecule has 0 bridgehead atoms. The summed E-state index contributed by atoms with van der Waals surface area (Å²) in [6, 6.07) is -0.792. The van der Waals surface area contributed by atoms with Crippen molar-refractivity contribution in [1.82, 2.24) is 5.32 Å². The Morgan fingerprint density at radius 1 is 0.449 bits per heavy atom. The number of phosphoric acid groups is 1. The van der Waals surface area contributed by atoms with Crippen molar-refractivity contribution in [2.24, 2.45) is 0 Å². The molecule has 2 N–H and O–H groups in total. The van der Waals surface area contributed by atoms with Gasteiger partial charge in [-0.1, -0.05) is 309 Å². The Morgan fingerprint density at radius 2 is 0.710 bits per heavy atom. The zero-order chi connectivity index (χ0) is 50.6. The summed E-state index contributed by atoms with van der Waals surface area (Å²) in [5.41, 5.74) is 0. The molecule has 0 aromatic heterocycles. The number of nitrogens with zero attached hydrogens (tertiary/aromatic N) is 1. The first-order chi connectivity index (χ1) is 33.5. The molecule has 0 saturated heterocycles. The van der Waals surface area contributed by atoms with Gasteiger partial charge in [-0.05, 0) is 12.8 Å². The number of nitrogens with one attached hydrogen (secondary N) is 1. The minimum absolute atomic E-state index is 0.0156. The third-order valence-corrected chi connectivity index (χ3v) is 15.6. The van der Waals surface area contributed by atoms with Crippen molar-refractivity contribution in [3.8, 4) is 0 Å². The Bertz CT molecular complexity index is 1090. The predicted molar refractivity (Wildman–Crippen MR) is 298 cm³/mol. The zero-order valence-electron chi connectivity index (χ0n) is 47.3. The largest absolute Gasteiger partial charge is 0.756 e. The Hall–Kier alpha value is -0.500. The molecule has 0 aromatic carbocycles. The molecule has 1 amide bonds. The molecule has 3 unspecified atom stereocenters. The maximum Gasteiger partial charge on any atom is 0.268 e. The average molecular weight is 1000 g/mol. The number of hydrogen-bond donors (Lipinski definition) is 2. The number of amides is 1. The Morgan fingerprint density at radius 3 is 0.986 bits per heavy atom. The van der Waals surface area contributed by atoms with Gasteiger partial charge in [-0.25, -0.2) is 0 Å². The number of aliphatic hydroxyl groups is 1. The van der Waals surface area contributed by atoms with Crippen molar-refractivity contribution < 1.29 is 32.9 Å². The zero-order valence-corrected chi connectivity index (χ0v) is 48.2. The van der Waals surface area contributed by atoms with Gasteiger partial charge in [0.2, 0.25) is 5.91 Å². The molecule has 0 heterocycles. The van der Waals surface area contributed by atoms with Gasteiger partial charge in [0, 0.05) is 6.42 Å². The van der Waals surface area contributed by atoms with Crippen LogP contribution in [0.2, 0.25) is 0 Å². The summed E-state index contributed by atoms with van der Waals surface area (Å²) in [5.74, 6) is -0.162. The van der Waals surface area contributed by atoms with Crippen LogP contribution in [0.15, 0.2) is 0 Å². The van der Waals surface area contributed by atoms with E-state index in [9.17, 15) is 19.4 Å². The number of carbonyl (C=O) groups is 1. The highest BCUT2D eigenvalue weighted by Crippen LogP contribution is 2.38. The van der Waals surface area contributed by atoms with Gasteiger partial charge < -0.3 is 28.8 Å². The molecule has 0 aliphatic carbocycles. The van der Waals surface area contributed by atoms with Gasteiger partial charge in [-0.15, -0.1) is 0 Å². The minimum Gasteiger partial charge on any atom is -0.756 e. The number of hydrogen-bond acceptors (Lipinski definition) is 6. The Labute approximate surface area is 431 Å². The molecule has 8 nitrogen and oxygen atoms in total.